The third-order valence-electron chi connectivity index (χ3n) is 4.48. The normalized spacial score (nSPS) is 10.8. The van der Waals surface area contributed by atoms with Crippen molar-refractivity contribution in [3.05, 3.63) is 58.2 Å². The molecule has 7 heteroatoms. The molecule has 0 atom stereocenters. The summed E-state index contributed by atoms with van der Waals surface area (Å²) >= 11 is 6.25. The summed E-state index contributed by atoms with van der Waals surface area (Å²) in [6.45, 7) is 1.72. The lowest BCUT2D eigenvalue weighted by atomic mass is 10.1. The molecular weight excluding hydrogens is 370 g/mol. The van der Waals surface area contributed by atoms with E-state index in [2.05, 4.69) is 0 Å². The maximum absolute atomic E-state index is 13.1. The molecule has 0 fully saturated rings. The predicted molar refractivity (Wildman–Crippen MR) is 102 cm³/mol. The summed E-state index contributed by atoms with van der Waals surface area (Å²) < 4.78 is 11.9. The Kier molecular flexibility index (Phi) is 5.10. The number of fused-ring (bicyclic) bond motifs is 1. The molecule has 0 bridgehead atoms. The summed E-state index contributed by atoms with van der Waals surface area (Å²) in [6.07, 6.45) is -0.212. The van der Waals surface area contributed by atoms with E-state index in [9.17, 15) is 14.7 Å². The molecule has 0 spiro atoms. The van der Waals surface area contributed by atoms with Crippen LogP contribution in [-0.4, -0.2) is 35.8 Å². The summed E-state index contributed by atoms with van der Waals surface area (Å²) in [5.74, 6) is -0.203. The lowest BCUT2D eigenvalue weighted by Crippen LogP contribution is -2.14. The summed E-state index contributed by atoms with van der Waals surface area (Å²) in [6, 6.07) is 10.0. The van der Waals surface area contributed by atoms with Gasteiger partial charge in [0.1, 0.15) is 11.5 Å². The lowest BCUT2D eigenvalue weighted by molar-refractivity contribution is -0.136. The SMILES string of the molecule is COc1ccc(C(=O)n2c(C)c(CC(=O)O)c3cc(OC)c(Cl)cc32)cc1. The fraction of sp³-hybridized carbons (Fsp3) is 0.200. The van der Waals surface area contributed by atoms with Crippen LogP contribution in [0.2, 0.25) is 5.02 Å². The monoisotopic (exact) mass is 387 g/mol. The number of nitrogens with zero attached hydrogens (tertiary/aromatic N) is 1. The number of methoxy groups -OCH3 is 2. The second-order valence-corrected chi connectivity index (χ2v) is 6.41. The maximum atomic E-state index is 13.1. The third kappa shape index (κ3) is 3.36. The van der Waals surface area contributed by atoms with Gasteiger partial charge >= 0.3 is 5.97 Å². The van der Waals surface area contributed by atoms with E-state index in [1.807, 2.05) is 0 Å². The molecule has 0 aliphatic heterocycles. The summed E-state index contributed by atoms with van der Waals surface area (Å²) in [7, 11) is 3.03. The fourth-order valence-corrected chi connectivity index (χ4v) is 3.37. The Labute approximate surface area is 160 Å². The van der Waals surface area contributed by atoms with Crippen molar-refractivity contribution in [1.29, 1.82) is 0 Å². The van der Waals surface area contributed by atoms with Gasteiger partial charge in [0.05, 0.1) is 31.2 Å². The summed E-state index contributed by atoms with van der Waals surface area (Å²) in [5, 5.41) is 10.3. The molecule has 2 aromatic carbocycles. The van der Waals surface area contributed by atoms with Crippen molar-refractivity contribution in [2.45, 2.75) is 13.3 Å². The predicted octanol–water partition coefficient (Wildman–Crippen LogP) is 3.94. The number of benzene rings is 2. The van der Waals surface area contributed by atoms with Crippen LogP contribution < -0.4 is 9.47 Å². The minimum Gasteiger partial charge on any atom is -0.497 e. The van der Waals surface area contributed by atoms with Gasteiger partial charge in [-0.25, -0.2) is 0 Å². The van der Waals surface area contributed by atoms with Crippen LogP contribution in [0.15, 0.2) is 36.4 Å². The summed E-state index contributed by atoms with van der Waals surface area (Å²) in [5.41, 5.74) is 2.09. The van der Waals surface area contributed by atoms with Crippen LogP contribution in [-0.2, 0) is 11.2 Å². The van der Waals surface area contributed by atoms with Crippen molar-refractivity contribution in [2.24, 2.45) is 0 Å². The van der Waals surface area contributed by atoms with E-state index >= 15 is 0 Å². The van der Waals surface area contributed by atoms with Crippen molar-refractivity contribution < 1.29 is 24.2 Å². The van der Waals surface area contributed by atoms with E-state index in [0.29, 0.717) is 44.2 Å². The Morgan fingerprint density at radius 3 is 2.33 bits per heavy atom. The first-order chi connectivity index (χ1) is 12.9. The van der Waals surface area contributed by atoms with E-state index in [-0.39, 0.29) is 12.3 Å². The smallest absolute Gasteiger partial charge is 0.307 e. The number of carboxylic acids is 1. The number of hydrogen-bond acceptors (Lipinski definition) is 4. The molecule has 0 saturated heterocycles. The highest BCUT2D eigenvalue weighted by Gasteiger charge is 2.23. The first-order valence-electron chi connectivity index (χ1n) is 8.15. The van der Waals surface area contributed by atoms with Crippen LogP contribution >= 0.6 is 11.6 Å². The molecule has 0 amide bonds. The number of rotatable bonds is 5. The zero-order chi connectivity index (χ0) is 19.7. The minimum atomic E-state index is -0.983. The van der Waals surface area contributed by atoms with Gasteiger partial charge in [0, 0.05) is 16.6 Å². The quantitative estimate of drug-likeness (QED) is 0.717. The van der Waals surface area contributed by atoms with Gasteiger partial charge in [0.2, 0.25) is 0 Å². The molecule has 1 heterocycles. The molecule has 0 radical (unpaired) electrons. The van der Waals surface area contributed by atoms with Gasteiger partial charge in [0.15, 0.2) is 0 Å². The van der Waals surface area contributed by atoms with Crippen molar-refractivity contribution >= 4 is 34.4 Å². The zero-order valence-electron chi connectivity index (χ0n) is 15.1. The van der Waals surface area contributed by atoms with E-state index in [0.717, 1.165) is 0 Å². The summed E-state index contributed by atoms with van der Waals surface area (Å²) in [4.78, 5) is 24.5. The number of aromatic nitrogens is 1. The van der Waals surface area contributed by atoms with Gasteiger partial charge in [-0.05, 0) is 48.9 Å². The van der Waals surface area contributed by atoms with Crippen molar-refractivity contribution in [3.63, 3.8) is 0 Å². The fourth-order valence-electron chi connectivity index (χ4n) is 3.14. The van der Waals surface area contributed by atoms with Gasteiger partial charge in [-0.3, -0.25) is 14.2 Å². The first-order valence-corrected chi connectivity index (χ1v) is 8.53. The van der Waals surface area contributed by atoms with Crippen molar-refractivity contribution in [2.75, 3.05) is 14.2 Å². The Morgan fingerprint density at radius 1 is 1.11 bits per heavy atom. The van der Waals surface area contributed by atoms with Gasteiger partial charge in [-0.2, -0.15) is 0 Å². The van der Waals surface area contributed by atoms with E-state index < -0.39 is 5.97 Å². The van der Waals surface area contributed by atoms with E-state index in [1.165, 1.54) is 11.7 Å². The number of aliphatic carboxylic acids is 1. The van der Waals surface area contributed by atoms with E-state index in [4.69, 9.17) is 21.1 Å². The van der Waals surface area contributed by atoms with Crippen LogP contribution in [0.1, 0.15) is 21.6 Å². The highest BCUT2D eigenvalue weighted by molar-refractivity contribution is 6.33. The Morgan fingerprint density at radius 2 is 1.78 bits per heavy atom. The average Bonchev–Trinajstić information content (AvgIpc) is 2.91. The second-order valence-electron chi connectivity index (χ2n) is 6.01. The first kappa shape index (κ1) is 18.8. The zero-order valence-corrected chi connectivity index (χ0v) is 15.8. The molecular formula is C20H18ClNO5. The van der Waals surface area contributed by atoms with Crippen LogP contribution in [0, 0.1) is 6.92 Å². The van der Waals surface area contributed by atoms with Crippen LogP contribution in [0.25, 0.3) is 10.9 Å². The minimum absolute atomic E-state index is 0.212. The number of ether oxygens (including phenoxy) is 2. The van der Waals surface area contributed by atoms with Gasteiger partial charge in [0.25, 0.3) is 5.91 Å². The van der Waals surface area contributed by atoms with Crippen LogP contribution in [0.5, 0.6) is 11.5 Å². The van der Waals surface area contributed by atoms with Crippen molar-refractivity contribution in [1.82, 2.24) is 4.57 Å². The molecule has 0 aliphatic rings. The van der Waals surface area contributed by atoms with E-state index in [1.54, 1.807) is 50.4 Å². The largest absolute Gasteiger partial charge is 0.497 e. The highest BCUT2D eigenvalue weighted by Crippen LogP contribution is 2.35. The number of halogens is 1. The van der Waals surface area contributed by atoms with Crippen LogP contribution in [0.4, 0.5) is 0 Å². The highest BCUT2D eigenvalue weighted by atomic mass is 35.5. The third-order valence-corrected chi connectivity index (χ3v) is 4.77. The number of carbonyl (C=O) groups is 2. The number of carbonyl (C=O) groups excluding carboxylic acids is 1. The Hall–Kier alpha value is -2.99. The Balaban J connectivity index is 2.24. The molecule has 0 aliphatic carbocycles. The van der Waals surface area contributed by atoms with Gasteiger partial charge in [-0.15, -0.1) is 0 Å². The molecule has 27 heavy (non-hydrogen) atoms. The lowest BCUT2D eigenvalue weighted by Gasteiger charge is -2.09. The topological polar surface area (TPSA) is 77.8 Å². The van der Waals surface area contributed by atoms with Gasteiger partial charge in [-0.1, -0.05) is 11.6 Å². The Bertz CT molecular complexity index is 1040. The maximum Gasteiger partial charge on any atom is 0.307 e. The molecule has 3 rings (SSSR count). The molecule has 140 valence electrons. The molecule has 0 unspecified atom stereocenters. The molecule has 1 aromatic heterocycles. The number of carboxylic acid groups (broad SMARTS) is 1. The molecule has 3 aromatic rings. The molecule has 6 nitrogen and oxygen atoms in total. The van der Waals surface area contributed by atoms with Gasteiger partial charge < -0.3 is 14.6 Å². The standard InChI is InChI=1S/C20H18ClNO5/c1-11-14(9-19(23)24)15-8-18(27-3)16(21)10-17(15)22(11)20(25)12-4-6-13(26-2)7-5-12/h4-8,10H,9H2,1-3H3,(H,23,24). The van der Waals surface area contributed by atoms with Crippen molar-refractivity contribution in [3.8, 4) is 11.5 Å². The van der Waals surface area contributed by atoms with Crippen LogP contribution in [0.3, 0.4) is 0 Å². The molecule has 1 N–H and O–H groups in total. The average molecular weight is 388 g/mol. The molecule has 0 saturated carbocycles. The number of hydrogen-bond donors (Lipinski definition) is 1. The second kappa shape index (κ2) is 7.32.